The first-order valence-electron chi connectivity index (χ1n) is 9.91. The molecule has 0 aliphatic carbocycles. The zero-order valence-corrected chi connectivity index (χ0v) is 16.4. The summed E-state index contributed by atoms with van der Waals surface area (Å²) in [6.45, 7) is 5.51. The molecule has 4 rings (SSSR count). The average molecular weight is 378 g/mol. The molecule has 0 bridgehead atoms. The molecule has 1 amide bonds. The molecule has 0 radical (unpaired) electrons. The second-order valence-electron chi connectivity index (χ2n) is 7.57. The summed E-state index contributed by atoms with van der Waals surface area (Å²) >= 11 is 0. The number of amides is 1. The summed E-state index contributed by atoms with van der Waals surface area (Å²) in [7, 11) is 0. The Labute approximate surface area is 165 Å². The number of nitrogens with one attached hydrogen (secondary N) is 1. The molecule has 6 heteroatoms. The van der Waals surface area contributed by atoms with Gasteiger partial charge in [-0.3, -0.25) is 9.89 Å². The van der Waals surface area contributed by atoms with Gasteiger partial charge in [0.1, 0.15) is 17.3 Å². The maximum atomic E-state index is 12.6. The van der Waals surface area contributed by atoms with Crippen molar-refractivity contribution in [2.45, 2.75) is 45.4 Å². The number of benzene rings is 1. The molecule has 3 heterocycles. The Morgan fingerprint density at radius 2 is 1.89 bits per heavy atom. The minimum atomic E-state index is 0.193. The van der Waals surface area contributed by atoms with E-state index in [9.17, 15) is 4.79 Å². The number of aryl methyl sites for hydroxylation is 3. The maximum absolute atomic E-state index is 12.6. The number of hydrogen-bond donors (Lipinski definition) is 1. The lowest BCUT2D eigenvalue weighted by Crippen LogP contribution is -2.38. The van der Waals surface area contributed by atoms with E-state index in [1.54, 1.807) is 0 Å². The number of carbonyl (C=O) groups excluding carboxylic acids is 1. The maximum Gasteiger partial charge on any atom is 0.223 e. The highest BCUT2D eigenvalue weighted by Gasteiger charge is 2.26. The third-order valence-corrected chi connectivity index (χ3v) is 5.41. The van der Waals surface area contributed by atoms with Gasteiger partial charge in [-0.25, -0.2) is 4.98 Å². The van der Waals surface area contributed by atoms with E-state index in [-0.39, 0.29) is 5.91 Å². The van der Waals surface area contributed by atoms with Crippen LogP contribution in [0, 0.1) is 13.8 Å². The van der Waals surface area contributed by atoms with Crippen LogP contribution in [0.2, 0.25) is 0 Å². The molecule has 3 aromatic rings. The van der Waals surface area contributed by atoms with Crippen molar-refractivity contribution in [3.63, 3.8) is 0 Å². The Morgan fingerprint density at radius 3 is 2.57 bits per heavy atom. The van der Waals surface area contributed by atoms with E-state index in [2.05, 4.69) is 46.4 Å². The monoisotopic (exact) mass is 378 g/mol. The van der Waals surface area contributed by atoms with Crippen molar-refractivity contribution in [2.24, 2.45) is 0 Å². The summed E-state index contributed by atoms with van der Waals surface area (Å²) in [4.78, 5) is 19.0. The minimum absolute atomic E-state index is 0.193. The third kappa shape index (κ3) is 4.16. The predicted molar refractivity (Wildman–Crippen MR) is 107 cm³/mol. The zero-order chi connectivity index (χ0) is 19.5. The molecule has 1 aliphatic rings. The number of nitrogens with zero attached hydrogens (tertiary/aromatic N) is 3. The van der Waals surface area contributed by atoms with Crippen LogP contribution in [0.25, 0.3) is 11.3 Å². The average Bonchev–Trinajstić information content (AvgIpc) is 3.36. The van der Waals surface area contributed by atoms with E-state index < -0.39 is 0 Å². The molecule has 1 aliphatic heterocycles. The van der Waals surface area contributed by atoms with Crippen LogP contribution in [0.1, 0.15) is 48.2 Å². The van der Waals surface area contributed by atoms with E-state index in [4.69, 9.17) is 4.42 Å². The summed E-state index contributed by atoms with van der Waals surface area (Å²) in [5.41, 5.74) is 2.29. The standard InChI is InChI=1S/C22H26N4O2/c1-15-3-5-17(6-4-15)20-9-7-19(28-20)8-10-21(27)26-13-11-18(12-14-26)22-23-16(2)24-25-22/h3-7,9,18H,8,10-14H2,1-2H3,(H,23,24,25). The van der Waals surface area contributed by atoms with Crippen LogP contribution in [0.15, 0.2) is 40.8 Å². The molecule has 1 fully saturated rings. The van der Waals surface area contributed by atoms with Crippen molar-refractivity contribution in [3.8, 4) is 11.3 Å². The molecule has 1 N–H and O–H groups in total. The van der Waals surface area contributed by atoms with Gasteiger partial charge in [0, 0.05) is 37.4 Å². The predicted octanol–water partition coefficient (Wildman–Crippen LogP) is 4.02. The first kappa shape index (κ1) is 18.5. The first-order chi connectivity index (χ1) is 13.6. The number of piperidine rings is 1. The highest BCUT2D eigenvalue weighted by molar-refractivity contribution is 5.76. The first-order valence-corrected chi connectivity index (χ1v) is 9.91. The van der Waals surface area contributed by atoms with Crippen molar-refractivity contribution in [2.75, 3.05) is 13.1 Å². The van der Waals surface area contributed by atoms with Crippen molar-refractivity contribution >= 4 is 5.91 Å². The molecule has 2 aromatic heterocycles. The topological polar surface area (TPSA) is 75.0 Å². The fourth-order valence-corrected chi connectivity index (χ4v) is 3.70. The lowest BCUT2D eigenvalue weighted by Gasteiger charge is -2.30. The fourth-order valence-electron chi connectivity index (χ4n) is 3.70. The van der Waals surface area contributed by atoms with E-state index in [1.807, 2.05) is 24.0 Å². The number of furan rings is 1. The molecule has 0 spiro atoms. The van der Waals surface area contributed by atoms with Gasteiger partial charge in [0.25, 0.3) is 0 Å². The van der Waals surface area contributed by atoms with Crippen molar-refractivity contribution in [1.82, 2.24) is 20.1 Å². The van der Waals surface area contributed by atoms with Crippen LogP contribution >= 0.6 is 0 Å². The van der Waals surface area contributed by atoms with E-state index in [0.717, 1.165) is 54.7 Å². The van der Waals surface area contributed by atoms with Crippen LogP contribution in [0.3, 0.4) is 0 Å². The Balaban J connectivity index is 1.27. The fraction of sp³-hybridized carbons (Fsp3) is 0.409. The Hall–Kier alpha value is -2.89. The Morgan fingerprint density at radius 1 is 1.14 bits per heavy atom. The van der Waals surface area contributed by atoms with E-state index >= 15 is 0 Å². The summed E-state index contributed by atoms with van der Waals surface area (Å²) < 4.78 is 5.93. The third-order valence-electron chi connectivity index (χ3n) is 5.41. The molecule has 0 atom stereocenters. The van der Waals surface area contributed by atoms with Gasteiger partial charge in [0.2, 0.25) is 5.91 Å². The molecule has 28 heavy (non-hydrogen) atoms. The summed E-state index contributed by atoms with van der Waals surface area (Å²) in [5, 5.41) is 7.17. The number of H-pyrrole nitrogens is 1. The molecular weight excluding hydrogens is 352 g/mol. The summed E-state index contributed by atoms with van der Waals surface area (Å²) in [6, 6.07) is 12.2. The largest absolute Gasteiger partial charge is 0.461 e. The highest BCUT2D eigenvalue weighted by Crippen LogP contribution is 2.26. The number of rotatable bonds is 5. The van der Waals surface area contributed by atoms with Gasteiger partial charge >= 0.3 is 0 Å². The quantitative estimate of drug-likeness (QED) is 0.728. The van der Waals surface area contributed by atoms with Gasteiger partial charge < -0.3 is 9.32 Å². The van der Waals surface area contributed by atoms with Crippen LogP contribution in [-0.4, -0.2) is 39.1 Å². The molecule has 1 saturated heterocycles. The Kier molecular flexibility index (Phi) is 5.28. The van der Waals surface area contributed by atoms with Crippen LogP contribution in [-0.2, 0) is 11.2 Å². The molecule has 0 unspecified atom stereocenters. The molecular formula is C22H26N4O2. The van der Waals surface area contributed by atoms with Gasteiger partial charge in [0.15, 0.2) is 5.82 Å². The lowest BCUT2D eigenvalue weighted by molar-refractivity contribution is -0.132. The smallest absolute Gasteiger partial charge is 0.223 e. The second kappa shape index (κ2) is 8.00. The SMILES string of the molecule is Cc1ccc(-c2ccc(CCC(=O)N3CCC(c4n[nH]c(C)n4)CC3)o2)cc1. The number of hydrogen-bond acceptors (Lipinski definition) is 4. The highest BCUT2D eigenvalue weighted by atomic mass is 16.3. The molecule has 1 aromatic carbocycles. The number of aromatic amines is 1. The van der Waals surface area contributed by atoms with Crippen LogP contribution in [0.5, 0.6) is 0 Å². The van der Waals surface area contributed by atoms with Gasteiger partial charge in [-0.2, -0.15) is 5.10 Å². The number of aromatic nitrogens is 3. The van der Waals surface area contributed by atoms with Gasteiger partial charge in [-0.15, -0.1) is 0 Å². The normalized spacial score (nSPS) is 15.1. The van der Waals surface area contributed by atoms with E-state index in [0.29, 0.717) is 18.8 Å². The molecule has 146 valence electrons. The van der Waals surface area contributed by atoms with Crippen LogP contribution < -0.4 is 0 Å². The molecule has 0 saturated carbocycles. The number of carbonyl (C=O) groups is 1. The van der Waals surface area contributed by atoms with Gasteiger partial charge in [-0.05, 0) is 38.8 Å². The van der Waals surface area contributed by atoms with Gasteiger partial charge in [-0.1, -0.05) is 29.8 Å². The summed E-state index contributed by atoms with van der Waals surface area (Å²) in [6.07, 6.45) is 2.94. The van der Waals surface area contributed by atoms with Gasteiger partial charge in [0.05, 0.1) is 0 Å². The summed E-state index contributed by atoms with van der Waals surface area (Å²) in [5.74, 6) is 3.97. The molecule has 6 nitrogen and oxygen atoms in total. The minimum Gasteiger partial charge on any atom is -0.461 e. The van der Waals surface area contributed by atoms with Crippen LogP contribution in [0.4, 0.5) is 0 Å². The lowest BCUT2D eigenvalue weighted by atomic mass is 9.96. The van der Waals surface area contributed by atoms with E-state index in [1.165, 1.54) is 5.56 Å². The van der Waals surface area contributed by atoms with Crippen molar-refractivity contribution in [1.29, 1.82) is 0 Å². The van der Waals surface area contributed by atoms with Crippen molar-refractivity contribution in [3.05, 3.63) is 59.4 Å². The second-order valence-corrected chi connectivity index (χ2v) is 7.57. The van der Waals surface area contributed by atoms with Crippen molar-refractivity contribution < 1.29 is 9.21 Å². The zero-order valence-electron chi connectivity index (χ0n) is 16.4. The number of likely N-dealkylation sites (tertiary alicyclic amines) is 1. The Bertz CT molecular complexity index is 934.